The van der Waals surface area contributed by atoms with Gasteiger partial charge in [-0.3, -0.25) is 4.57 Å². The molecule has 4 N–H and O–H groups in total. The molecule has 0 aliphatic carbocycles. The highest BCUT2D eigenvalue weighted by Gasteiger charge is 2.11. The molecule has 2 aromatic heterocycles. The smallest absolute Gasteiger partial charge is 0.238 e. The normalized spacial score (nSPS) is 11.5. The van der Waals surface area contributed by atoms with Gasteiger partial charge in [-0.2, -0.15) is 0 Å². The molecule has 0 saturated carbocycles. The van der Waals surface area contributed by atoms with E-state index in [-0.39, 0.29) is 4.90 Å². The number of rotatable bonds is 3. The average Bonchev–Trinajstić information content (AvgIpc) is 2.96. The van der Waals surface area contributed by atoms with Crippen molar-refractivity contribution in [1.29, 1.82) is 0 Å². The molecule has 0 aliphatic heterocycles. The van der Waals surface area contributed by atoms with E-state index < -0.39 is 10.0 Å². The van der Waals surface area contributed by atoms with Crippen LogP contribution in [0.5, 0.6) is 0 Å². The van der Waals surface area contributed by atoms with E-state index in [1.807, 2.05) is 4.57 Å². The van der Waals surface area contributed by atoms with Crippen molar-refractivity contribution in [3.05, 3.63) is 55.0 Å². The largest absolute Gasteiger partial charge is 0.384 e. The maximum Gasteiger partial charge on any atom is 0.238 e. The third kappa shape index (κ3) is 2.69. The van der Waals surface area contributed by atoms with Crippen LogP contribution >= 0.6 is 0 Å². The van der Waals surface area contributed by atoms with Gasteiger partial charge in [0.25, 0.3) is 0 Å². The molecule has 1 aromatic carbocycles. The van der Waals surface area contributed by atoms with E-state index in [4.69, 9.17) is 10.9 Å². The zero-order valence-corrected chi connectivity index (χ0v) is 12.2. The van der Waals surface area contributed by atoms with E-state index in [1.165, 1.54) is 12.1 Å². The van der Waals surface area contributed by atoms with Gasteiger partial charge < -0.3 is 5.73 Å². The molecule has 0 amide bonds. The van der Waals surface area contributed by atoms with Crippen LogP contribution in [0.4, 0.5) is 5.82 Å². The molecule has 0 spiro atoms. The summed E-state index contributed by atoms with van der Waals surface area (Å²) in [5.74, 6) is 1.08. The summed E-state index contributed by atoms with van der Waals surface area (Å²) in [6.45, 7) is 0. The van der Waals surface area contributed by atoms with Crippen molar-refractivity contribution in [3.63, 3.8) is 0 Å². The summed E-state index contributed by atoms with van der Waals surface area (Å²) < 4.78 is 24.4. The van der Waals surface area contributed by atoms with Gasteiger partial charge in [0.1, 0.15) is 11.6 Å². The van der Waals surface area contributed by atoms with Crippen LogP contribution in [0.25, 0.3) is 17.1 Å². The van der Waals surface area contributed by atoms with Crippen LogP contribution in [0.1, 0.15) is 0 Å². The van der Waals surface area contributed by atoms with E-state index >= 15 is 0 Å². The molecule has 8 heteroatoms. The van der Waals surface area contributed by atoms with E-state index in [1.54, 1.807) is 42.9 Å². The molecule has 0 fully saturated rings. The standard InChI is InChI=1S/C14H13N5O2S/c15-13-9-10(5-6-17-13)14-18-7-8-19(14)11-1-3-12(4-2-11)22(16,20)21/h1-9H,(H2,15,17)(H2,16,20,21). The lowest BCUT2D eigenvalue weighted by Crippen LogP contribution is -2.12. The summed E-state index contributed by atoms with van der Waals surface area (Å²) in [4.78, 5) is 8.32. The van der Waals surface area contributed by atoms with Crippen LogP contribution in [0.15, 0.2) is 59.9 Å². The maximum absolute atomic E-state index is 11.3. The van der Waals surface area contributed by atoms with Crippen LogP contribution in [-0.4, -0.2) is 23.0 Å². The molecular weight excluding hydrogens is 302 g/mol. The molecule has 0 bridgehead atoms. The van der Waals surface area contributed by atoms with E-state index in [9.17, 15) is 8.42 Å². The summed E-state index contributed by atoms with van der Waals surface area (Å²) >= 11 is 0. The molecule has 0 radical (unpaired) electrons. The zero-order chi connectivity index (χ0) is 15.7. The van der Waals surface area contributed by atoms with Crippen LogP contribution < -0.4 is 10.9 Å². The number of nitrogen functional groups attached to an aromatic ring is 1. The Morgan fingerprint density at radius 1 is 1.00 bits per heavy atom. The Labute approximate surface area is 127 Å². The van der Waals surface area contributed by atoms with Gasteiger partial charge in [0.15, 0.2) is 0 Å². The number of primary sulfonamides is 1. The molecule has 0 unspecified atom stereocenters. The lowest BCUT2D eigenvalue weighted by atomic mass is 10.2. The van der Waals surface area contributed by atoms with Crippen molar-refractivity contribution < 1.29 is 8.42 Å². The number of nitrogens with two attached hydrogens (primary N) is 2. The van der Waals surface area contributed by atoms with Gasteiger partial charge in [0.2, 0.25) is 10.0 Å². The summed E-state index contributed by atoms with van der Waals surface area (Å²) in [6, 6.07) is 9.75. The third-order valence-corrected chi connectivity index (χ3v) is 4.05. The van der Waals surface area contributed by atoms with E-state index in [0.29, 0.717) is 11.6 Å². The van der Waals surface area contributed by atoms with Crippen LogP contribution in [0, 0.1) is 0 Å². The van der Waals surface area contributed by atoms with Crippen LogP contribution in [-0.2, 0) is 10.0 Å². The summed E-state index contributed by atoms with van der Waals surface area (Å²) in [5, 5.41) is 5.10. The highest BCUT2D eigenvalue weighted by atomic mass is 32.2. The predicted molar refractivity (Wildman–Crippen MR) is 82.6 cm³/mol. The van der Waals surface area contributed by atoms with Crippen molar-refractivity contribution in [3.8, 4) is 17.1 Å². The Morgan fingerprint density at radius 2 is 1.73 bits per heavy atom. The lowest BCUT2D eigenvalue weighted by molar-refractivity contribution is 0.598. The van der Waals surface area contributed by atoms with Crippen molar-refractivity contribution >= 4 is 15.8 Å². The molecular formula is C14H13N5O2S. The number of aromatic nitrogens is 3. The van der Waals surface area contributed by atoms with Crippen molar-refractivity contribution in [2.45, 2.75) is 4.90 Å². The average molecular weight is 315 g/mol. The number of hydrogen-bond acceptors (Lipinski definition) is 5. The monoisotopic (exact) mass is 315 g/mol. The zero-order valence-electron chi connectivity index (χ0n) is 11.4. The number of sulfonamides is 1. The first-order valence-corrected chi connectivity index (χ1v) is 7.88. The minimum Gasteiger partial charge on any atom is -0.384 e. The Kier molecular flexibility index (Phi) is 3.39. The number of nitrogens with zero attached hydrogens (tertiary/aromatic N) is 3. The van der Waals surface area contributed by atoms with Gasteiger partial charge >= 0.3 is 0 Å². The number of benzene rings is 1. The Bertz CT molecular complexity index is 916. The Balaban J connectivity index is 2.06. The Hall–Kier alpha value is -2.71. The van der Waals surface area contributed by atoms with Gasteiger partial charge in [0.05, 0.1) is 4.90 Å². The minimum atomic E-state index is -3.71. The molecule has 3 aromatic rings. The maximum atomic E-state index is 11.3. The first kappa shape index (κ1) is 14.2. The second-order valence-corrected chi connectivity index (χ2v) is 6.19. The lowest BCUT2D eigenvalue weighted by Gasteiger charge is -2.09. The Morgan fingerprint density at radius 3 is 2.36 bits per heavy atom. The number of imidazole rings is 1. The minimum absolute atomic E-state index is 0.0612. The predicted octanol–water partition coefficient (Wildman–Crippen LogP) is 1.16. The quantitative estimate of drug-likeness (QED) is 0.752. The van der Waals surface area contributed by atoms with Gasteiger partial charge in [-0.1, -0.05) is 0 Å². The van der Waals surface area contributed by atoms with Gasteiger partial charge in [-0.05, 0) is 36.4 Å². The highest BCUT2D eigenvalue weighted by Crippen LogP contribution is 2.22. The van der Waals surface area contributed by atoms with E-state index in [2.05, 4.69) is 9.97 Å². The van der Waals surface area contributed by atoms with Crippen LogP contribution in [0.3, 0.4) is 0 Å². The second kappa shape index (κ2) is 5.24. The fraction of sp³-hybridized carbons (Fsp3) is 0. The molecule has 2 heterocycles. The third-order valence-electron chi connectivity index (χ3n) is 3.12. The molecule has 0 aliphatic rings. The summed E-state index contributed by atoms with van der Waals surface area (Å²) in [7, 11) is -3.71. The van der Waals surface area contributed by atoms with Gasteiger partial charge in [-0.25, -0.2) is 23.5 Å². The topological polar surface area (TPSA) is 117 Å². The fourth-order valence-corrected chi connectivity index (χ4v) is 2.62. The number of pyridine rings is 1. The molecule has 0 saturated heterocycles. The molecule has 7 nitrogen and oxygen atoms in total. The fourth-order valence-electron chi connectivity index (χ4n) is 2.11. The van der Waals surface area contributed by atoms with Crippen molar-refractivity contribution in [2.75, 3.05) is 5.73 Å². The summed E-state index contributed by atoms with van der Waals surface area (Å²) in [5.41, 5.74) is 7.26. The van der Waals surface area contributed by atoms with Crippen molar-refractivity contribution in [1.82, 2.24) is 14.5 Å². The molecule has 22 heavy (non-hydrogen) atoms. The first-order chi connectivity index (χ1) is 10.4. The van der Waals surface area contributed by atoms with Gasteiger partial charge in [0, 0.05) is 29.8 Å². The van der Waals surface area contributed by atoms with Crippen molar-refractivity contribution in [2.24, 2.45) is 5.14 Å². The number of hydrogen-bond donors (Lipinski definition) is 2. The van der Waals surface area contributed by atoms with Gasteiger partial charge in [-0.15, -0.1) is 0 Å². The number of anilines is 1. The molecule has 0 atom stereocenters. The molecule has 3 rings (SSSR count). The second-order valence-electron chi connectivity index (χ2n) is 4.63. The SMILES string of the molecule is Nc1cc(-c2nccn2-c2ccc(S(N)(=O)=O)cc2)ccn1. The highest BCUT2D eigenvalue weighted by molar-refractivity contribution is 7.89. The van der Waals surface area contributed by atoms with Crippen LogP contribution in [0.2, 0.25) is 0 Å². The first-order valence-electron chi connectivity index (χ1n) is 6.33. The molecule has 112 valence electrons. The summed E-state index contributed by atoms with van der Waals surface area (Å²) in [6.07, 6.45) is 5.03. The van der Waals surface area contributed by atoms with E-state index in [0.717, 1.165) is 11.3 Å².